The van der Waals surface area contributed by atoms with Crippen LogP contribution in [0.5, 0.6) is 17.2 Å². The standard InChI is InChI=1S/C24H16Cl2FN3O3/c1-32-16-3-4-18-19(12-29-21(18)9-16)24(31)30-11-14-2-5-20(26)23(22(14)27)33-17-7-13(10-28)6-15(25)8-17/h2-9,12,29H,11H2,1H3,(H,30,31). The molecule has 166 valence electrons. The summed E-state index contributed by atoms with van der Waals surface area (Å²) >= 11 is 12.1. The number of rotatable bonds is 6. The molecule has 1 aromatic heterocycles. The fourth-order valence-electron chi connectivity index (χ4n) is 3.30. The molecule has 0 aliphatic heterocycles. The lowest BCUT2D eigenvalue weighted by atomic mass is 10.1. The Bertz CT molecular complexity index is 1410. The van der Waals surface area contributed by atoms with E-state index in [9.17, 15) is 4.79 Å². The van der Waals surface area contributed by atoms with Crippen molar-refractivity contribution in [1.82, 2.24) is 10.3 Å². The summed E-state index contributed by atoms with van der Waals surface area (Å²) in [4.78, 5) is 15.7. The molecule has 3 aromatic carbocycles. The van der Waals surface area contributed by atoms with E-state index in [2.05, 4.69) is 10.3 Å². The van der Waals surface area contributed by atoms with Crippen LogP contribution < -0.4 is 14.8 Å². The van der Waals surface area contributed by atoms with Gasteiger partial charge in [0.1, 0.15) is 11.5 Å². The molecule has 0 fully saturated rings. The monoisotopic (exact) mass is 483 g/mol. The lowest BCUT2D eigenvalue weighted by Gasteiger charge is -2.13. The second-order valence-electron chi connectivity index (χ2n) is 7.04. The molecule has 4 aromatic rings. The number of benzene rings is 3. The lowest BCUT2D eigenvalue weighted by molar-refractivity contribution is 0.0952. The van der Waals surface area contributed by atoms with E-state index in [1.165, 1.54) is 30.3 Å². The first kappa shape index (κ1) is 22.5. The van der Waals surface area contributed by atoms with Gasteiger partial charge in [0.2, 0.25) is 0 Å². The summed E-state index contributed by atoms with van der Waals surface area (Å²) < 4.78 is 25.9. The summed E-state index contributed by atoms with van der Waals surface area (Å²) in [6.07, 6.45) is 1.58. The third-order valence-corrected chi connectivity index (χ3v) is 5.44. The van der Waals surface area contributed by atoms with E-state index in [1.54, 1.807) is 31.5 Å². The highest BCUT2D eigenvalue weighted by Crippen LogP contribution is 2.35. The first-order chi connectivity index (χ1) is 15.9. The van der Waals surface area contributed by atoms with Crippen molar-refractivity contribution in [3.05, 3.63) is 87.3 Å². The number of aromatic nitrogens is 1. The van der Waals surface area contributed by atoms with E-state index in [-0.39, 0.29) is 45.1 Å². The van der Waals surface area contributed by atoms with Crippen molar-refractivity contribution < 1.29 is 18.7 Å². The van der Waals surface area contributed by atoms with Gasteiger partial charge < -0.3 is 19.8 Å². The van der Waals surface area contributed by atoms with Crippen LogP contribution in [0.25, 0.3) is 10.9 Å². The number of fused-ring (bicyclic) bond motifs is 1. The molecule has 2 N–H and O–H groups in total. The van der Waals surface area contributed by atoms with Crippen molar-refractivity contribution >= 4 is 40.0 Å². The number of hydrogen-bond acceptors (Lipinski definition) is 4. The summed E-state index contributed by atoms with van der Waals surface area (Å²) in [7, 11) is 1.56. The maximum atomic E-state index is 15.2. The Morgan fingerprint density at radius 3 is 2.73 bits per heavy atom. The Morgan fingerprint density at radius 1 is 1.15 bits per heavy atom. The molecule has 0 saturated carbocycles. The second kappa shape index (κ2) is 9.41. The zero-order valence-corrected chi connectivity index (χ0v) is 18.7. The van der Waals surface area contributed by atoms with E-state index in [0.29, 0.717) is 16.7 Å². The predicted octanol–water partition coefficient (Wildman–Crippen LogP) is 6.22. The average molecular weight is 484 g/mol. The Kier molecular flexibility index (Phi) is 6.40. The van der Waals surface area contributed by atoms with Gasteiger partial charge >= 0.3 is 0 Å². The van der Waals surface area contributed by atoms with Crippen LogP contribution >= 0.6 is 23.2 Å². The van der Waals surface area contributed by atoms with Gasteiger partial charge in [-0.3, -0.25) is 4.79 Å². The highest BCUT2D eigenvalue weighted by atomic mass is 35.5. The van der Waals surface area contributed by atoms with E-state index in [0.717, 1.165) is 5.52 Å². The Morgan fingerprint density at radius 2 is 1.97 bits per heavy atom. The molecule has 6 nitrogen and oxygen atoms in total. The Balaban J connectivity index is 1.54. The molecule has 9 heteroatoms. The SMILES string of the molecule is COc1ccc2c(C(=O)NCc3ccc(Cl)c(Oc4cc(Cl)cc(C#N)c4)c3F)c[nH]c2c1. The van der Waals surface area contributed by atoms with Gasteiger partial charge in [-0.05, 0) is 36.4 Å². The van der Waals surface area contributed by atoms with Crippen molar-refractivity contribution in [2.45, 2.75) is 6.54 Å². The summed E-state index contributed by atoms with van der Waals surface area (Å²) in [5.74, 6) is -0.514. The Labute approximate surface area is 198 Å². The van der Waals surface area contributed by atoms with Crippen LogP contribution in [0.1, 0.15) is 21.5 Å². The van der Waals surface area contributed by atoms with Crippen LogP contribution in [0.3, 0.4) is 0 Å². The van der Waals surface area contributed by atoms with Crippen LogP contribution in [-0.2, 0) is 6.54 Å². The van der Waals surface area contributed by atoms with E-state index in [4.69, 9.17) is 37.9 Å². The number of nitrogens with one attached hydrogen (secondary N) is 2. The molecule has 0 spiro atoms. The van der Waals surface area contributed by atoms with Gasteiger partial charge in [0.15, 0.2) is 11.6 Å². The molecule has 33 heavy (non-hydrogen) atoms. The van der Waals surface area contributed by atoms with E-state index >= 15 is 4.39 Å². The highest BCUT2D eigenvalue weighted by Gasteiger charge is 2.18. The largest absolute Gasteiger partial charge is 0.497 e. The van der Waals surface area contributed by atoms with Crippen molar-refractivity contribution in [3.8, 4) is 23.3 Å². The molecule has 1 amide bonds. The molecule has 0 bridgehead atoms. The van der Waals surface area contributed by atoms with Crippen molar-refractivity contribution in [2.24, 2.45) is 0 Å². The average Bonchev–Trinajstić information content (AvgIpc) is 3.24. The fraction of sp³-hybridized carbons (Fsp3) is 0.0833. The van der Waals surface area contributed by atoms with Crippen molar-refractivity contribution in [1.29, 1.82) is 5.26 Å². The first-order valence-corrected chi connectivity index (χ1v) is 10.4. The van der Waals surface area contributed by atoms with Crippen LogP contribution in [0.2, 0.25) is 10.0 Å². The van der Waals surface area contributed by atoms with Crippen molar-refractivity contribution in [3.63, 3.8) is 0 Å². The number of carbonyl (C=O) groups is 1. The van der Waals surface area contributed by atoms with Gasteiger partial charge in [-0.15, -0.1) is 0 Å². The minimum absolute atomic E-state index is 0.0339. The van der Waals surface area contributed by atoms with Crippen LogP contribution in [-0.4, -0.2) is 18.0 Å². The highest BCUT2D eigenvalue weighted by molar-refractivity contribution is 6.32. The maximum absolute atomic E-state index is 15.2. The van der Waals surface area contributed by atoms with Gasteiger partial charge in [-0.1, -0.05) is 29.3 Å². The summed E-state index contributed by atoms with van der Waals surface area (Å²) in [6.45, 7) is -0.0972. The smallest absolute Gasteiger partial charge is 0.253 e. The quantitative estimate of drug-likeness (QED) is 0.340. The lowest BCUT2D eigenvalue weighted by Crippen LogP contribution is -2.23. The van der Waals surface area contributed by atoms with E-state index < -0.39 is 5.82 Å². The third-order valence-electron chi connectivity index (χ3n) is 4.92. The second-order valence-corrected chi connectivity index (χ2v) is 7.88. The first-order valence-electron chi connectivity index (χ1n) is 9.68. The number of nitrogens with zero attached hydrogens (tertiary/aromatic N) is 1. The number of hydrogen-bond donors (Lipinski definition) is 2. The summed E-state index contributed by atoms with van der Waals surface area (Å²) in [6, 6.07) is 14.5. The Hall–Kier alpha value is -3.73. The molecule has 4 rings (SSSR count). The predicted molar refractivity (Wildman–Crippen MR) is 124 cm³/mol. The topological polar surface area (TPSA) is 87.1 Å². The number of aromatic amines is 1. The fourth-order valence-corrected chi connectivity index (χ4v) is 3.71. The molecule has 0 atom stereocenters. The normalized spacial score (nSPS) is 10.6. The maximum Gasteiger partial charge on any atom is 0.253 e. The zero-order chi connectivity index (χ0) is 23.5. The summed E-state index contributed by atoms with van der Waals surface area (Å²) in [5, 5.41) is 12.8. The van der Waals surface area contributed by atoms with Crippen LogP contribution in [0, 0.1) is 17.1 Å². The number of H-pyrrole nitrogens is 1. The van der Waals surface area contributed by atoms with Crippen LogP contribution in [0.15, 0.2) is 54.7 Å². The number of amides is 1. The van der Waals surface area contributed by atoms with Gasteiger partial charge in [0, 0.05) is 40.3 Å². The molecule has 0 aliphatic rings. The molecular weight excluding hydrogens is 468 g/mol. The molecule has 0 radical (unpaired) electrons. The number of carbonyl (C=O) groups excluding carboxylic acids is 1. The molecule has 0 unspecified atom stereocenters. The molecule has 0 saturated heterocycles. The van der Waals surface area contributed by atoms with Crippen molar-refractivity contribution in [2.75, 3.05) is 7.11 Å². The van der Waals surface area contributed by atoms with Crippen LogP contribution in [0.4, 0.5) is 4.39 Å². The number of methoxy groups -OCH3 is 1. The minimum Gasteiger partial charge on any atom is -0.497 e. The van der Waals surface area contributed by atoms with E-state index in [1.807, 2.05) is 6.07 Å². The molecular formula is C24H16Cl2FN3O3. The van der Waals surface area contributed by atoms with Gasteiger partial charge in [0.25, 0.3) is 5.91 Å². The zero-order valence-electron chi connectivity index (χ0n) is 17.2. The minimum atomic E-state index is -0.732. The number of nitriles is 1. The third kappa shape index (κ3) is 4.72. The number of ether oxygens (including phenoxy) is 2. The summed E-state index contributed by atoms with van der Waals surface area (Å²) in [5.41, 5.74) is 1.59. The van der Waals surface area contributed by atoms with Gasteiger partial charge in [-0.2, -0.15) is 5.26 Å². The van der Waals surface area contributed by atoms with Gasteiger partial charge in [0.05, 0.1) is 29.3 Å². The van der Waals surface area contributed by atoms with Gasteiger partial charge in [-0.25, -0.2) is 4.39 Å². The molecule has 0 aliphatic carbocycles. The number of halogens is 3. The molecule has 1 heterocycles.